The molecule has 0 saturated heterocycles. The number of aryl methyl sites for hydroxylation is 1. The lowest BCUT2D eigenvalue weighted by Gasteiger charge is -2.26. The first-order chi connectivity index (χ1) is 18.0. The molecule has 0 radical (unpaired) electrons. The number of thiophene rings is 1. The van der Waals surface area contributed by atoms with Crippen molar-refractivity contribution in [2.45, 2.75) is 57.5 Å². The molecule has 0 spiro atoms. The van der Waals surface area contributed by atoms with E-state index in [1.165, 1.54) is 11.3 Å². The number of nitrogens with one attached hydrogen (secondary N) is 6. The summed E-state index contributed by atoms with van der Waals surface area (Å²) >= 11 is 7.08. The summed E-state index contributed by atoms with van der Waals surface area (Å²) in [6, 6.07) is 5.59. The summed E-state index contributed by atoms with van der Waals surface area (Å²) in [5, 5.41) is 13.5. The van der Waals surface area contributed by atoms with Crippen LogP contribution in [0.15, 0.2) is 18.2 Å². The molecule has 3 aliphatic carbocycles. The van der Waals surface area contributed by atoms with Gasteiger partial charge in [-0.05, 0) is 80.8 Å². The molecule has 0 unspecified atom stereocenters. The Morgan fingerprint density at radius 3 is 2.73 bits per heavy atom. The number of carbonyl (C=O) groups excluding carboxylic acids is 3. The fraction of sp³-hybridized carbons (Fsp3) is 0.462. The second-order valence-corrected chi connectivity index (χ2v) is 11.8. The SMILES string of the molecule is O=C1NCc2c(NNC(=S)N[C@H]3CCc4sc(NC(=O)C5CC5)c(C(=O)NCC5CC5)c4C3)cccc21. The van der Waals surface area contributed by atoms with E-state index in [1.54, 1.807) is 6.07 Å². The highest BCUT2D eigenvalue weighted by Gasteiger charge is 2.34. The monoisotopic (exact) mass is 538 g/mol. The number of amides is 3. The van der Waals surface area contributed by atoms with Crippen molar-refractivity contribution >= 4 is 57.1 Å². The first kappa shape index (κ1) is 24.2. The van der Waals surface area contributed by atoms with E-state index in [2.05, 4.69) is 32.1 Å². The lowest BCUT2D eigenvalue weighted by molar-refractivity contribution is -0.117. The number of thiocarbonyl (C=S) groups is 1. The summed E-state index contributed by atoms with van der Waals surface area (Å²) in [6.45, 7) is 1.17. The van der Waals surface area contributed by atoms with E-state index in [9.17, 15) is 14.4 Å². The van der Waals surface area contributed by atoms with Crippen molar-refractivity contribution in [2.24, 2.45) is 11.8 Å². The van der Waals surface area contributed by atoms with Gasteiger partial charge in [-0.2, -0.15) is 0 Å². The molecule has 6 rings (SSSR count). The molecule has 9 nitrogen and oxygen atoms in total. The minimum absolute atomic E-state index is 0.0188. The van der Waals surface area contributed by atoms with Gasteiger partial charge in [-0.15, -0.1) is 11.3 Å². The van der Waals surface area contributed by atoms with Crippen LogP contribution in [-0.4, -0.2) is 35.4 Å². The van der Waals surface area contributed by atoms with Crippen molar-refractivity contribution in [3.8, 4) is 0 Å². The van der Waals surface area contributed by atoms with Crippen LogP contribution in [-0.2, 0) is 24.2 Å². The van der Waals surface area contributed by atoms with Crippen LogP contribution in [0.1, 0.15) is 68.8 Å². The first-order valence-electron chi connectivity index (χ1n) is 12.9. The molecule has 0 bridgehead atoms. The van der Waals surface area contributed by atoms with Crippen LogP contribution in [0, 0.1) is 11.8 Å². The quantitative estimate of drug-likeness (QED) is 0.226. The third kappa shape index (κ3) is 5.28. The summed E-state index contributed by atoms with van der Waals surface area (Å²) < 4.78 is 0. The van der Waals surface area contributed by atoms with Gasteiger partial charge in [0.15, 0.2) is 5.11 Å². The zero-order valence-corrected chi connectivity index (χ0v) is 22.0. The van der Waals surface area contributed by atoms with E-state index in [1.807, 2.05) is 12.1 Å². The fourth-order valence-electron chi connectivity index (χ4n) is 4.96. The van der Waals surface area contributed by atoms with Crippen LogP contribution in [0.5, 0.6) is 0 Å². The Morgan fingerprint density at radius 2 is 1.95 bits per heavy atom. The van der Waals surface area contributed by atoms with Gasteiger partial charge in [0.1, 0.15) is 5.00 Å². The maximum atomic E-state index is 13.2. The number of hydrogen-bond donors (Lipinski definition) is 6. The van der Waals surface area contributed by atoms with Gasteiger partial charge >= 0.3 is 0 Å². The minimum atomic E-state index is -0.0976. The number of rotatable bonds is 8. The Bertz CT molecular complexity index is 1280. The van der Waals surface area contributed by atoms with Gasteiger partial charge < -0.3 is 21.3 Å². The van der Waals surface area contributed by atoms with Gasteiger partial charge in [-0.1, -0.05) is 6.07 Å². The van der Waals surface area contributed by atoms with E-state index in [4.69, 9.17) is 12.2 Å². The van der Waals surface area contributed by atoms with E-state index < -0.39 is 0 Å². The van der Waals surface area contributed by atoms with Crippen molar-refractivity contribution in [1.82, 2.24) is 21.4 Å². The number of hydrogen-bond acceptors (Lipinski definition) is 6. The zero-order chi connectivity index (χ0) is 25.5. The summed E-state index contributed by atoms with van der Waals surface area (Å²) in [6.07, 6.45) is 6.50. The third-order valence-corrected chi connectivity index (χ3v) is 8.84. The Balaban J connectivity index is 1.12. The zero-order valence-electron chi connectivity index (χ0n) is 20.4. The topological polar surface area (TPSA) is 123 Å². The lowest BCUT2D eigenvalue weighted by atomic mass is 9.91. The first-order valence-corrected chi connectivity index (χ1v) is 14.1. The van der Waals surface area contributed by atoms with Crippen molar-refractivity contribution in [2.75, 3.05) is 17.3 Å². The smallest absolute Gasteiger partial charge is 0.254 e. The molecule has 6 N–H and O–H groups in total. The molecule has 1 atom stereocenters. The standard InChI is InChI=1S/C26H30N6O3S2/c33-22(14-6-7-14)30-25-21(24(35)27-11-13-4-5-13)17-10-15(8-9-20(17)37-25)29-26(36)32-31-19-3-1-2-16-18(19)12-28-23(16)34/h1-3,13-15,31H,4-12H2,(H,27,35)(H,28,34)(H,30,33)(H2,29,32,36)/t15-/m0/s1. The second-order valence-electron chi connectivity index (χ2n) is 10.3. The van der Waals surface area contributed by atoms with Crippen LogP contribution < -0.4 is 32.1 Å². The molecule has 37 heavy (non-hydrogen) atoms. The Kier molecular flexibility index (Phi) is 6.49. The largest absolute Gasteiger partial charge is 0.358 e. The Hall–Kier alpha value is -3.18. The number of carbonyl (C=O) groups is 3. The maximum absolute atomic E-state index is 13.2. The van der Waals surface area contributed by atoms with E-state index in [-0.39, 0.29) is 29.7 Å². The number of anilines is 2. The number of benzene rings is 1. The van der Waals surface area contributed by atoms with Gasteiger partial charge in [-0.25, -0.2) is 0 Å². The molecule has 2 heterocycles. The average Bonchev–Trinajstić information content (AvgIpc) is 3.82. The Labute approximate surface area is 224 Å². The van der Waals surface area contributed by atoms with Crippen molar-refractivity contribution in [1.29, 1.82) is 0 Å². The highest BCUT2D eigenvalue weighted by Crippen LogP contribution is 2.40. The van der Waals surface area contributed by atoms with Gasteiger partial charge in [0, 0.05) is 41.1 Å². The van der Waals surface area contributed by atoms with Crippen LogP contribution in [0.4, 0.5) is 10.7 Å². The third-order valence-electron chi connectivity index (χ3n) is 7.41. The number of hydrazine groups is 1. The normalized spacial score (nSPS) is 19.8. The predicted molar refractivity (Wildman–Crippen MR) is 147 cm³/mol. The molecule has 3 amide bonds. The molecule has 2 aromatic rings. The van der Waals surface area contributed by atoms with Crippen molar-refractivity contribution < 1.29 is 14.4 Å². The highest BCUT2D eigenvalue weighted by molar-refractivity contribution is 7.80. The molecular weight excluding hydrogens is 508 g/mol. The van der Waals surface area contributed by atoms with E-state index in [0.717, 1.165) is 60.2 Å². The van der Waals surface area contributed by atoms with Crippen LogP contribution >= 0.6 is 23.6 Å². The van der Waals surface area contributed by atoms with E-state index in [0.29, 0.717) is 46.7 Å². The Morgan fingerprint density at radius 1 is 1.11 bits per heavy atom. The highest BCUT2D eigenvalue weighted by atomic mass is 32.1. The minimum Gasteiger partial charge on any atom is -0.358 e. The van der Waals surface area contributed by atoms with Gasteiger partial charge in [0.2, 0.25) is 5.91 Å². The molecule has 11 heteroatoms. The van der Waals surface area contributed by atoms with Gasteiger partial charge in [0.25, 0.3) is 11.8 Å². The summed E-state index contributed by atoms with van der Waals surface area (Å²) in [4.78, 5) is 38.9. The molecular formula is C26H30N6O3S2. The molecule has 194 valence electrons. The summed E-state index contributed by atoms with van der Waals surface area (Å²) in [5.74, 6) is 0.502. The molecule has 2 saturated carbocycles. The maximum Gasteiger partial charge on any atom is 0.254 e. The molecule has 4 aliphatic rings. The van der Waals surface area contributed by atoms with Crippen molar-refractivity contribution in [3.05, 3.63) is 45.3 Å². The molecule has 1 aromatic heterocycles. The van der Waals surface area contributed by atoms with Crippen LogP contribution in [0.2, 0.25) is 0 Å². The van der Waals surface area contributed by atoms with Crippen molar-refractivity contribution in [3.63, 3.8) is 0 Å². The summed E-state index contributed by atoms with van der Waals surface area (Å²) in [7, 11) is 0. The predicted octanol–water partition coefficient (Wildman–Crippen LogP) is 2.83. The molecule has 2 fully saturated rings. The summed E-state index contributed by atoms with van der Waals surface area (Å²) in [5.41, 5.74) is 10.2. The van der Waals surface area contributed by atoms with Crippen LogP contribution in [0.3, 0.4) is 0 Å². The van der Waals surface area contributed by atoms with E-state index >= 15 is 0 Å². The lowest BCUT2D eigenvalue weighted by Crippen LogP contribution is -2.46. The van der Waals surface area contributed by atoms with Crippen LogP contribution in [0.25, 0.3) is 0 Å². The van der Waals surface area contributed by atoms with Gasteiger partial charge in [-0.3, -0.25) is 25.2 Å². The fourth-order valence-corrected chi connectivity index (χ4v) is 6.42. The molecule has 1 aromatic carbocycles. The number of fused-ring (bicyclic) bond motifs is 2. The van der Waals surface area contributed by atoms with Gasteiger partial charge in [0.05, 0.1) is 11.3 Å². The molecule has 1 aliphatic heterocycles. The average molecular weight is 539 g/mol. The second kappa shape index (κ2) is 9.94.